The maximum absolute atomic E-state index is 14.1. The fourth-order valence-corrected chi connectivity index (χ4v) is 4.06. The Morgan fingerprint density at radius 2 is 1.97 bits per heavy atom. The molecule has 0 aliphatic carbocycles. The quantitative estimate of drug-likeness (QED) is 0.503. The van der Waals surface area contributed by atoms with Crippen molar-refractivity contribution in [3.63, 3.8) is 0 Å². The number of nitrogens with zero attached hydrogens (tertiary/aromatic N) is 1. The summed E-state index contributed by atoms with van der Waals surface area (Å²) in [5, 5.41) is 9.50. The van der Waals surface area contributed by atoms with Gasteiger partial charge in [0.1, 0.15) is 18.2 Å². The second-order valence-corrected chi connectivity index (χ2v) is 8.47. The third-order valence-corrected chi connectivity index (χ3v) is 5.68. The molecule has 0 unspecified atom stereocenters. The molecule has 7 nitrogen and oxygen atoms in total. The normalized spacial score (nSPS) is 11.4. The van der Waals surface area contributed by atoms with Crippen molar-refractivity contribution in [2.24, 2.45) is 0 Å². The van der Waals surface area contributed by atoms with E-state index in [0.717, 1.165) is 12.1 Å². The highest BCUT2D eigenvalue weighted by molar-refractivity contribution is 7.92. The topological polar surface area (TPSA) is 106 Å². The number of carbonyl (C=O) groups is 1. The number of aliphatic hydroxyl groups is 1. The number of sulfonamides is 1. The zero-order valence-corrected chi connectivity index (χ0v) is 17.1. The van der Waals surface area contributed by atoms with Gasteiger partial charge < -0.3 is 9.84 Å². The molecule has 0 spiro atoms. The first-order valence-electron chi connectivity index (χ1n) is 9.30. The van der Waals surface area contributed by atoms with E-state index in [4.69, 9.17) is 9.84 Å². The Labute approximate surface area is 173 Å². The fraction of sp³-hybridized carbons (Fsp3) is 0.238. The second kappa shape index (κ2) is 9.19. The molecule has 30 heavy (non-hydrogen) atoms. The lowest BCUT2D eigenvalue weighted by molar-refractivity contribution is 0.103. The molecule has 0 atom stereocenters. The van der Waals surface area contributed by atoms with E-state index in [2.05, 4.69) is 9.71 Å². The van der Waals surface area contributed by atoms with E-state index in [9.17, 15) is 17.6 Å². The molecule has 0 aliphatic rings. The van der Waals surface area contributed by atoms with Crippen LogP contribution < -0.4 is 9.46 Å². The third-order valence-electron chi connectivity index (χ3n) is 4.18. The maximum Gasteiger partial charge on any atom is 0.232 e. The highest BCUT2D eigenvalue weighted by Crippen LogP contribution is 2.23. The van der Waals surface area contributed by atoms with E-state index < -0.39 is 21.6 Å². The number of ketones is 1. The number of nitrogens with one attached hydrogen (secondary N) is 1. The zero-order chi connectivity index (χ0) is 21.7. The van der Waals surface area contributed by atoms with Crippen molar-refractivity contribution in [3.8, 4) is 5.75 Å². The molecule has 0 radical (unpaired) electrons. The fourth-order valence-electron chi connectivity index (χ4n) is 2.94. The molecule has 9 heteroatoms. The molecule has 2 N–H and O–H groups in total. The summed E-state index contributed by atoms with van der Waals surface area (Å²) in [4.78, 5) is 17.2. The third kappa shape index (κ3) is 5.31. The molecule has 2 aromatic carbocycles. The van der Waals surface area contributed by atoms with Gasteiger partial charge in [0.25, 0.3) is 0 Å². The summed E-state index contributed by atoms with van der Waals surface area (Å²) in [7, 11) is -3.62. The largest absolute Gasteiger partial charge is 0.490 e. The van der Waals surface area contributed by atoms with Crippen LogP contribution in [0, 0.1) is 5.82 Å². The van der Waals surface area contributed by atoms with Gasteiger partial charge in [-0.15, -0.1) is 0 Å². The molecule has 0 bridgehead atoms. The lowest BCUT2D eigenvalue weighted by atomic mass is 10.0. The molecule has 158 valence electrons. The smallest absolute Gasteiger partial charge is 0.232 e. The Morgan fingerprint density at radius 3 is 2.70 bits per heavy atom. The van der Waals surface area contributed by atoms with Crippen LogP contribution in [0.25, 0.3) is 10.9 Å². The maximum atomic E-state index is 14.1. The van der Waals surface area contributed by atoms with Gasteiger partial charge in [0, 0.05) is 16.5 Å². The Balaban J connectivity index is 1.92. The molecule has 3 aromatic rings. The lowest BCUT2D eigenvalue weighted by Gasteiger charge is -2.10. The number of aromatic nitrogens is 1. The highest BCUT2D eigenvalue weighted by Gasteiger charge is 2.15. The van der Waals surface area contributed by atoms with Crippen molar-refractivity contribution in [1.29, 1.82) is 0 Å². The SMILES string of the molecule is CCCS(=O)(=O)Nc1cc(F)cc(C(=O)c2ccc3ncc(OCCO)cc3c2)c1. The van der Waals surface area contributed by atoms with Crippen LogP contribution in [0.2, 0.25) is 0 Å². The average Bonchev–Trinajstić information content (AvgIpc) is 2.70. The van der Waals surface area contributed by atoms with Crippen LogP contribution in [0.3, 0.4) is 0 Å². The van der Waals surface area contributed by atoms with Gasteiger partial charge in [0.05, 0.1) is 29.8 Å². The zero-order valence-electron chi connectivity index (χ0n) is 16.3. The molecule has 3 rings (SSSR count). The minimum atomic E-state index is -3.62. The summed E-state index contributed by atoms with van der Waals surface area (Å²) in [5.41, 5.74) is 0.935. The summed E-state index contributed by atoms with van der Waals surface area (Å²) in [5.74, 6) is -0.851. The Morgan fingerprint density at radius 1 is 1.17 bits per heavy atom. The number of fused-ring (bicyclic) bond motifs is 1. The molecule has 1 heterocycles. The van der Waals surface area contributed by atoms with Crippen LogP contribution in [0.5, 0.6) is 5.75 Å². The predicted molar refractivity (Wildman–Crippen MR) is 112 cm³/mol. The highest BCUT2D eigenvalue weighted by atomic mass is 32.2. The summed E-state index contributed by atoms with van der Waals surface area (Å²) in [6.07, 6.45) is 1.92. The number of carbonyl (C=O) groups excluding carboxylic acids is 1. The summed E-state index contributed by atoms with van der Waals surface area (Å²) in [6, 6.07) is 9.90. The molecule has 1 aromatic heterocycles. The van der Waals surface area contributed by atoms with Gasteiger partial charge >= 0.3 is 0 Å². The van der Waals surface area contributed by atoms with Gasteiger partial charge in [0.15, 0.2) is 5.78 Å². The van der Waals surface area contributed by atoms with Crippen LogP contribution in [0.15, 0.2) is 48.7 Å². The van der Waals surface area contributed by atoms with Crippen molar-refractivity contribution >= 4 is 32.4 Å². The minimum absolute atomic E-state index is 0.00561. The molecule has 0 fully saturated rings. The van der Waals surface area contributed by atoms with Crippen molar-refractivity contribution in [1.82, 2.24) is 4.98 Å². The molecule has 0 saturated heterocycles. The van der Waals surface area contributed by atoms with E-state index in [1.165, 1.54) is 12.3 Å². The van der Waals surface area contributed by atoms with Gasteiger partial charge in [-0.25, -0.2) is 12.8 Å². The van der Waals surface area contributed by atoms with Gasteiger partial charge in [-0.05, 0) is 48.9 Å². The van der Waals surface area contributed by atoms with Crippen molar-refractivity contribution in [3.05, 3.63) is 65.6 Å². The molecule has 0 amide bonds. The summed E-state index contributed by atoms with van der Waals surface area (Å²) < 4.78 is 45.6. The van der Waals surface area contributed by atoms with Gasteiger partial charge in [0.2, 0.25) is 10.0 Å². The molecular formula is C21H21FN2O5S. The van der Waals surface area contributed by atoms with Gasteiger partial charge in [-0.3, -0.25) is 14.5 Å². The van der Waals surface area contributed by atoms with E-state index in [1.807, 2.05) is 0 Å². The first kappa shape index (κ1) is 21.7. The average molecular weight is 432 g/mol. The second-order valence-electron chi connectivity index (χ2n) is 6.63. The summed E-state index contributed by atoms with van der Waals surface area (Å²) in [6.45, 7) is 1.70. The predicted octanol–water partition coefficient (Wildman–Crippen LogP) is 3.13. The first-order chi connectivity index (χ1) is 14.3. The number of pyridine rings is 1. The molecular weight excluding hydrogens is 411 g/mol. The minimum Gasteiger partial charge on any atom is -0.490 e. The van der Waals surface area contributed by atoms with Crippen LogP contribution in [0.4, 0.5) is 10.1 Å². The van der Waals surface area contributed by atoms with Gasteiger partial charge in [-0.2, -0.15) is 0 Å². The lowest BCUT2D eigenvalue weighted by Crippen LogP contribution is -2.16. The van der Waals surface area contributed by atoms with E-state index >= 15 is 0 Å². The van der Waals surface area contributed by atoms with Crippen LogP contribution >= 0.6 is 0 Å². The molecule has 0 aliphatic heterocycles. The molecule has 0 saturated carbocycles. The Kier molecular flexibility index (Phi) is 6.63. The Hall–Kier alpha value is -3.04. The van der Waals surface area contributed by atoms with Crippen molar-refractivity contribution < 1.29 is 27.4 Å². The van der Waals surface area contributed by atoms with Crippen molar-refractivity contribution in [2.75, 3.05) is 23.7 Å². The van der Waals surface area contributed by atoms with Crippen molar-refractivity contribution in [2.45, 2.75) is 13.3 Å². The van der Waals surface area contributed by atoms with E-state index in [-0.39, 0.29) is 35.8 Å². The number of anilines is 1. The number of halogens is 1. The van der Waals surface area contributed by atoms with Crippen LogP contribution in [-0.4, -0.2) is 43.3 Å². The number of rotatable bonds is 9. The number of aliphatic hydroxyl groups excluding tert-OH is 1. The first-order valence-corrected chi connectivity index (χ1v) is 11.0. The van der Waals surface area contributed by atoms with Crippen LogP contribution in [0.1, 0.15) is 29.3 Å². The number of hydrogen-bond acceptors (Lipinski definition) is 6. The Bertz CT molecular complexity index is 1180. The number of ether oxygens (including phenoxy) is 1. The monoisotopic (exact) mass is 432 g/mol. The number of benzene rings is 2. The van der Waals surface area contributed by atoms with E-state index in [0.29, 0.717) is 23.1 Å². The van der Waals surface area contributed by atoms with Crippen LogP contribution in [-0.2, 0) is 10.0 Å². The van der Waals surface area contributed by atoms with E-state index in [1.54, 1.807) is 31.2 Å². The number of hydrogen-bond donors (Lipinski definition) is 2. The standard InChI is InChI=1S/C21H21FN2O5S/c1-2-7-30(27,28)24-18-10-16(9-17(22)12-18)21(26)14-3-4-20-15(8-14)11-19(13-23-20)29-6-5-25/h3-4,8-13,24-25H,2,5-7H2,1H3. The van der Waals surface area contributed by atoms with Gasteiger partial charge in [-0.1, -0.05) is 6.92 Å². The summed E-state index contributed by atoms with van der Waals surface area (Å²) >= 11 is 0.